The number of morpholine rings is 1. The van der Waals surface area contributed by atoms with Crippen LogP contribution in [-0.2, 0) is 4.74 Å². The molecule has 0 aliphatic carbocycles. The highest BCUT2D eigenvalue weighted by Gasteiger charge is 2.14. The van der Waals surface area contributed by atoms with Gasteiger partial charge in [-0.3, -0.25) is 19.5 Å². The third-order valence-electron chi connectivity index (χ3n) is 4.84. The van der Waals surface area contributed by atoms with E-state index in [0.29, 0.717) is 17.8 Å². The molecule has 1 aromatic heterocycles. The highest BCUT2D eigenvalue weighted by Crippen LogP contribution is 2.15. The van der Waals surface area contributed by atoms with Gasteiger partial charge in [-0.25, -0.2) is 0 Å². The Labute approximate surface area is 165 Å². The van der Waals surface area contributed by atoms with Crippen LogP contribution in [-0.4, -0.2) is 61.1 Å². The van der Waals surface area contributed by atoms with Crippen molar-refractivity contribution in [1.29, 1.82) is 0 Å². The maximum absolute atomic E-state index is 12.5. The number of benzene rings is 1. The molecule has 7 heteroatoms. The highest BCUT2D eigenvalue weighted by molar-refractivity contribution is 6.04. The fraction of sp³-hybridized carbons (Fsp3) is 0.381. The van der Waals surface area contributed by atoms with E-state index in [2.05, 4.69) is 20.5 Å². The van der Waals surface area contributed by atoms with Gasteiger partial charge < -0.3 is 15.4 Å². The SMILES string of the molecule is Cc1ccc(NC(=O)c2cc(C(=O)NCCN3CCOCC3)ccn2)cc1C. The molecule has 1 aliphatic rings. The summed E-state index contributed by atoms with van der Waals surface area (Å²) in [6.07, 6.45) is 1.48. The van der Waals surface area contributed by atoms with Crippen molar-refractivity contribution in [2.24, 2.45) is 0 Å². The van der Waals surface area contributed by atoms with Gasteiger partial charge in [0.15, 0.2) is 0 Å². The first-order valence-electron chi connectivity index (χ1n) is 9.46. The molecule has 1 saturated heterocycles. The maximum Gasteiger partial charge on any atom is 0.274 e. The number of carbonyl (C=O) groups excluding carboxylic acids is 2. The van der Waals surface area contributed by atoms with Crippen LogP contribution < -0.4 is 10.6 Å². The summed E-state index contributed by atoms with van der Waals surface area (Å²) in [6, 6.07) is 8.84. The van der Waals surface area contributed by atoms with Gasteiger partial charge in [0.05, 0.1) is 13.2 Å². The topological polar surface area (TPSA) is 83.6 Å². The van der Waals surface area contributed by atoms with E-state index in [1.165, 1.54) is 12.3 Å². The van der Waals surface area contributed by atoms with Gasteiger partial charge in [-0.05, 0) is 49.2 Å². The predicted octanol–water partition coefficient (Wildman–Crippen LogP) is 2.01. The molecule has 2 heterocycles. The molecule has 0 atom stereocenters. The Morgan fingerprint density at radius 2 is 1.86 bits per heavy atom. The van der Waals surface area contributed by atoms with E-state index in [9.17, 15) is 9.59 Å². The molecule has 0 spiro atoms. The minimum Gasteiger partial charge on any atom is -0.379 e. The summed E-state index contributed by atoms with van der Waals surface area (Å²) in [6.45, 7) is 8.57. The van der Waals surface area contributed by atoms with Crippen LogP contribution in [0.3, 0.4) is 0 Å². The highest BCUT2D eigenvalue weighted by atomic mass is 16.5. The number of aromatic nitrogens is 1. The van der Waals surface area contributed by atoms with Crippen LogP contribution in [0.25, 0.3) is 0 Å². The summed E-state index contributed by atoms with van der Waals surface area (Å²) in [4.78, 5) is 31.2. The number of pyridine rings is 1. The maximum atomic E-state index is 12.5. The zero-order valence-corrected chi connectivity index (χ0v) is 16.3. The molecule has 1 fully saturated rings. The molecule has 0 radical (unpaired) electrons. The summed E-state index contributed by atoms with van der Waals surface area (Å²) >= 11 is 0. The first-order valence-corrected chi connectivity index (χ1v) is 9.46. The number of hydrogen-bond donors (Lipinski definition) is 2. The van der Waals surface area contributed by atoms with Crippen molar-refractivity contribution >= 4 is 17.5 Å². The van der Waals surface area contributed by atoms with E-state index in [-0.39, 0.29) is 17.5 Å². The Morgan fingerprint density at radius 3 is 2.61 bits per heavy atom. The molecular weight excluding hydrogens is 356 g/mol. The molecule has 2 N–H and O–H groups in total. The lowest BCUT2D eigenvalue weighted by atomic mass is 10.1. The number of aryl methyl sites for hydroxylation is 2. The minimum absolute atomic E-state index is 0.207. The molecule has 2 amide bonds. The summed E-state index contributed by atoms with van der Waals surface area (Å²) in [5.74, 6) is -0.554. The Bertz CT molecular complexity index is 847. The third-order valence-corrected chi connectivity index (χ3v) is 4.84. The van der Waals surface area contributed by atoms with E-state index >= 15 is 0 Å². The monoisotopic (exact) mass is 382 g/mol. The lowest BCUT2D eigenvalue weighted by Crippen LogP contribution is -2.41. The van der Waals surface area contributed by atoms with Crippen molar-refractivity contribution < 1.29 is 14.3 Å². The zero-order chi connectivity index (χ0) is 19.9. The molecule has 0 unspecified atom stereocenters. The molecular formula is C21H26N4O3. The van der Waals surface area contributed by atoms with Crippen molar-refractivity contribution in [3.63, 3.8) is 0 Å². The number of nitrogens with zero attached hydrogens (tertiary/aromatic N) is 2. The number of carbonyl (C=O) groups is 2. The van der Waals surface area contributed by atoms with Gasteiger partial charge >= 0.3 is 0 Å². The molecule has 2 aromatic rings. The minimum atomic E-state index is -0.341. The zero-order valence-electron chi connectivity index (χ0n) is 16.3. The van der Waals surface area contributed by atoms with Gasteiger partial charge in [-0.1, -0.05) is 6.07 Å². The summed E-state index contributed by atoms with van der Waals surface area (Å²) in [7, 11) is 0. The number of ether oxygens (including phenoxy) is 1. The molecule has 1 aliphatic heterocycles. The van der Waals surface area contributed by atoms with Gasteiger partial charge in [0.1, 0.15) is 5.69 Å². The van der Waals surface area contributed by atoms with Crippen LogP contribution >= 0.6 is 0 Å². The van der Waals surface area contributed by atoms with E-state index in [1.54, 1.807) is 6.07 Å². The van der Waals surface area contributed by atoms with Crippen molar-refractivity contribution in [2.45, 2.75) is 13.8 Å². The molecule has 148 valence electrons. The average molecular weight is 382 g/mol. The summed E-state index contributed by atoms with van der Waals surface area (Å²) in [5, 5.41) is 5.72. The molecule has 0 saturated carbocycles. The normalized spacial score (nSPS) is 14.5. The van der Waals surface area contributed by atoms with E-state index < -0.39 is 0 Å². The second-order valence-electron chi connectivity index (χ2n) is 6.89. The quantitative estimate of drug-likeness (QED) is 0.799. The van der Waals surface area contributed by atoms with Gasteiger partial charge in [-0.15, -0.1) is 0 Å². The molecule has 1 aromatic carbocycles. The van der Waals surface area contributed by atoms with Crippen LogP contribution in [0, 0.1) is 13.8 Å². The summed E-state index contributed by atoms with van der Waals surface area (Å²) in [5.41, 5.74) is 3.59. The largest absolute Gasteiger partial charge is 0.379 e. The van der Waals surface area contributed by atoms with Crippen molar-refractivity contribution in [3.05, 3.63) is 58.9 Å². The van der Waals surface area contributed by atoms with Crippen LogP contribution in [0.15, 0.2) is 36.5 Å². The number of nitrogens with one attached hydrogen (secondary N) is 2. The van der Waals surface area contributed by atoms with Crippen molar-refractivity contribution in [2.75, 3.05) is 44.7 Å². The lowest BCUT2D eigenvalue weighted by molar-refractivity contribution is 0.0383. The van der Waals surface area contributed by atoms with Gasteiger partial charge in [0, 0.05) is 43.6 Å². The first-order chi connectivity index (χ1) is 13.5. The van der Waals surface area contributed by atoms with Crippen molar-refractivity contribution in [3.8, 4) is 0 Å². The molecule has 28 heavy (non-hydrogen) atoms. The van der Waals surface area contributed by atoms with E-state index in [1.807, 2.05) is 32.0 Å². The number of anilines is 1. The van der Waals surface area contributed by atoms with E-state index in [4.69, 9.17) is 4.74 Å². The Kier molecular flexibility index (Phi) is 6.73. The fourth-order valence-electron chi connectivity index (χ4n) is 2.96. The van der Waals surface area contributed by atoms with Crippen LogP contribution in [0.2, 0.25) is 0 Å². The van der Waals surface area contributed by atoms with Crippen LogP contribution in [0.1, 0.15) is 32.0 Å². The number of amides is 2. The fourth-order valence-corrected chi connectivity index (χ4v) is 2.96. The Hall–Kier alpha value is -2.77. The van der Waals surface area contributed by atoms with Crippen molar-refractivity contribution in [1.82, 2.24) is 15.2 Å². The van der Waals surface area contributed by atoms with Gasteiger partial charge in [0.2, 0.25) is 0 Å². The molecule has 0 bridgehead atoms. The van der Waals surface area contributed by atoms with Crippen LogP contribution in [0.4, 0.5) is 5.69 Å². The molecule has 7 nitrogen and oxygen atoms in total. The van der Waals surface area contributed by atoms with Gasteiger partial charge in [-0.2, -0.15) is 0 Å². The second kappa shape index (κ2) is 9.43. The molecule has 3 rings (SSSR count). The second-order valence-corrected chi connectivity index (χ2v) is 6.89. The van der Waals surface area contributed by atoms with E-state index in [0.717, 1.165) is 44.0 Å². The van der Waals surface area contributed by atoms with Gasteiger partial charge in [0.25, 0.3) is 11.8 Å². The number of rotatable bonds is 6. The smallest absolute Gasteiger partial charge is 0.274 e. The number of hydrogen-bond acceptors (Lipinski definition) is 5. The first kappa shape index (κ1) is 20.0. The summed E-state index contributed by atoms with van der Waals surface area (Å²) < 4.78 is 5.31. The predicted molar refractivity (Wildman–Crippen MR) is 108 cm³/mol. The standard InChI is InChI=1S/C21H26N4O3/c1-15-3-4-18(13-16(15)2)24-21(27)19-14-17(5-6-22-19)20(26)23-7-8-25-9-11-28-12-10-25/h3-6,13-14H,7-12H2,1-2H3,(H,23,26)(H,24,27). The Balaban J connectivity index is 1.56. The average Bonchev–Trinajstić information content (AvgIpc) is 2.71. The van der Waals surface area contributed by atoms with Crippen LogP contribution in [0.5, 0.6) is 0 Å². The third kappa shape index (κ3) is 5.37. The lowest BCUT2D eigenvalue weighted by Gasteiger charge is -2.26. The Morgan fingerprint density at radius 1 is 1.07 bits per heavy atom.